The normalized spacial score (nSPS) is 11.9. The third kappa shape index (κ3) is 39.6. The standard InChI is InChI=1S/C46H88O6/c1-5-7-9-11-13-14-15-16-17-18-19-20-21-22-26-31-35-39-46(49)52-43(40-50-44(47)37-33-29-24-12-10-8-6-2)41-51-45(48)38-34-30-27-23-25-28-32-36-42(3)4/h42-43H,5-41H2,1-4H3/t43-/m1/s1. The Morgan fingerprint density at radius 3 is 0.942 bits per heavy atom. The molecular formula is C46H88O6. The highest BCUT2D eigenvalue weighted by Crippen LogP contribution is 2.16. The van der Waals surface area contributed by atoms with Crippen LogP contribution in [-0.4, -0.2) is 37.2 Å². The summed E-state index contributed by atoms with van der Waals surface area (Å²) < 4.78 is 16.6. The molecule has 0 radical (unpaired) electrons. The summed E-state index contributed by atoms with van der Waals surface area (Å²) in [6.07, 6.45) is 39.6. The van der Waals surface area contributed by atoms with Crippen LogP contribution < -0.4 is 0 Å². The predicted molar refractivity (Wildman–Crippen MR) is 220 cm³/mol. The van der Waals surface area contributed by atoms with Gasteiger partial charge in [0.25, 0.3) is 0 Å². The molecule has 0 saturated carbocycles. The number of hydrogen-bond donors (Lipinski definition) is 0. The highest BCUT2D eigenvalue weighted by atomic mass is 16.6. The van der Waals surface area contributed by atoms with Crippen LogP contribution >= 0.6 is 0 Å². The third-order valence-electron chi connectivity index (χ3n) is 10.3. The molecule has 0 aliphatic heterocycles. The fourth-order valence-electron chi connectivity index (χ4n) is 6.80. The quantitative estimate of drug-likeness (QED) is 0.0353. The predicted octanol–water partition coefficient (Wildman–Crippen LogP) is 14.3. The molecular weight excluding hydrogens is 648 g/mol. The molecule has 0 N–H and O–H groups in total. The lowest BCUT2D eigenvalue weighted by Gasteiger charge is -2.18. The van der Waals surface area contributed by atoms with E-state index in [0.717, 1.165) is 63.7 Å². The van der Waals surface area contributed by atoms with Gasteiger partial charge in [0, 0.05) is 19.3 Å². The van der Waals surface area contributed by atoms with E-state index in [2.05, 4.69) is 27.7 Å². The van der Waals surface area contributed by atoms with Gasteiger partial charge in [-0.05, 0) is 25.2 Å². The Balaban J connectivity index is 4.22. The fraction of sp³-hybridized carbons (Fsp3) is 0.935. The van der Waals surface area contributed by atoms with Gasteiger partial charge in [-0.3, -0.25) is 14.4 Å². The van der Waals surface area contributed by atoms with Gasteiger partial charge >= 0.3 is 17.9 Å². The van der Waals surface area contributed by atoms with E-state index in [0.29, 0.717) is 19.3 Å². The van der Waals surface area contributed by atoms with E-state index in [9.17, 15) is 14.4 Å². The first-order valence-electron chi connectivity index (χ1n) is 22.9. The SMILES string of the molecule is CCCCCCCCCCCCCCCCCCCC(=O)O[C@H](COC(=O)CCCCCCCCC)COC(=O)CCCCCCCCCC(C)C. The first-order chi connectivity index (χ1) is 25.4. The molecule has 0 saturated heterocycles. The van der Waals surface area contributed by atoms with Gasteiger partial charge in [-0.15, -0.1) is 0 Å². The largest absolute Gasteiger partial charge is 0.462 e. The lowest BCUT2D eigenvalue weighted by molar-refractivity contribution is -0.167. The molecule has 0 aromatic heterocycles. The minimum atomic E-state index is -0.758. The van der Waals surface area contributed by atoms with Gasteiger partial charge < -0.3 is 14.2 Å². The highest BCUT2D eigenvalue weighted by molar-refractivity contribution is 5.71. The average Bonchev–Trinajstić information content (AvgIpc) is 3.12. The summed E-state index contributed by atoms with van der Waals surface area (Å²) in [5, 5.41) is 0. The molecule has 6 nitrogen and oxygen atoms in total. The molecule has 0 bridgehead atoms. The van der Waals surface area contributed by atoms with Crippen LogP contribution in [0.3, 0.4) is 0 Å². The molecule has 1 atom stereocenters. The van der Waals surface area contributed by atoms with Crippen molar-refractivity contribution in [2.24, 2.45) is 5.92 Å². The van der Waals surface area contributed by atoms with Crippen LogP contribution in [0.4, 0.5) is 0 Å². The Kier molecular flexibility index (Phi) is 39.4. The van der Waals surface area contributed by atoms with Crippen LogP contribution in [-0.2, 0) is 28.6 Å². The van der Waals surface area contributed by atoms with Gasteiger partial charge in [-0.2, -0.15) is 0 Å². The minimum absolute atomic E-state index is 0.0653. The zero-order chi connectivity index (χ0) is 38.2. The summed E-state index contributed by atoms with van der Waals surface area (Å²) in [4.78, 5) is 37.5. The second kappa shape index (κ2) is 40.6. The second-order valence-electron chi connectivity index (χ2n) is 16.2. The Hall–Kier alpha value is -1.59. The molecule has 0 heterocycles. The number of hydrogen-bond acceptors (Lipinski definition) is 6. The molecule has 0 aromatic rings. The molecule has 0 rings (SSSR count). The van der Waals surface area contributed by atoms with Crippen LogP contribution in [0.15, 0.2) is 0 Å². The summed E-state index contributed by atoms with van der Waals surface area (Å²) >= 11 is 0. The van der Waals surface area contributed by atoms with E-state index in [1.165, 1.54) is 148 Å². The van der Waals surface area contributed by atoms with Crippen molar-refractivity contribution >= 4 is 17.9 Å². The van der Waals surface area contributed by atoms with Crippen molar-refractivity contribution in [3.8, 4) is 0 Å². The molecule has 0 aromatic carbocycles. The van der Waals surface area contributed by atoms with Gasteiger partial charge in [-0.1, -0.05) is 214 Å². The molecule has 0 amide bonds. The van der Waals surface area contributed by atoms with E-state index in [4.69, 9.17) is 14.2 Å². The maximum atomic E-state index is 12.7. The molecule has 0 spiro atoms. The van der Waals surface area contributed by atoms with Crippen LogP contribution in [0, 0.1) is 5.92 Å². The Labute approximate surface area is 323 Å². The van der Waals surface area contributed by atoms with Gasteiger partial charge in [0.15, 0.2) is 6.10 Å². The average molecular weight is 737 g/mol. The Morgan fingerprint density at radius 2 is 0.635 bits per heavy atom. The van der Waals surface area contributed by atoms with Crippen molar-refractivity contribution in [2.45, 2.75) is 259 Å². The Bertz CT molecular complexity index is 781. The molecule has 0 aliphatic rings. The lowest BCUT2D eigenvalue weighted by Crippen LogP contribution is -2.30. The number of ether oxygens (including phenoxy) is 3. The molecule has 308 valence electrons. The minimum Gasteiger partial charge on any atom is -0.462 e. The van der Waals surface area contributed by atoms with Crippen molar-refractivity contribution in [3.63, 3.8) is 0 Å². The number of rotatable bonds is 41. The maximum Gasteiger partial charge on any atom is 0.306 e. The van der Waals surface area contributed by atoms with E-state index in [1.807, 2.05) is 0 Å². The molecule has 52 heavy (non-hydrogen) atoms. The molecule has 0 aliphatic carbocycles. The van der Waals surface area contributed by atoms with E-state index >= 15 is 0 Å². The zero-order valence-corrected chi connectivity index (χ0v) is 35.3. The number of unbranched alkanes of at least 4 members (excludes halogenated alkanes) is 28. The van der Waals surface area contributed by atoms with Crippen molar-refractivity contribution in [1.82, 2.24) is 0 Å². The first kappa shape index (κ1) is 50.4. The van der Waals surface area contributed by atoms with Crippen molar-refractivity contribution in [3.05, 3.63) is 0 Å². The molecule has 0 unspecified atom stereocenters. The monoisotopic (exact) mass is 737 g/mol. The number of carbonyl (C=O) groups is 3. The van der Waals surface area contributed by atoms with E-state index in [-0.39, 0.29) is 31.1 Å². The lowest BCUT2D eigenvalue weighted by atomic mass is 10.0. The van der Waals surface area contributed by atoms with Gasteiger partial charge in [0.2, 0.25) is 0 Å². The van der Waals surface area contributed by atoms with Crippen molar-refractivity contribution in [1.29, 1.82) is 0 Å². The van der Waals surface area contributed by atoms with E-state index < -0.39 is 6.10 Å². The smallest absolute Gasteiger partial charge is 0.306 e. The second-order valence-corrected chi connectivity index (χ2v) is 16.2. The first-order valence-corrected chi connectivity index (χ1v) is 22.9. The van der Waals surface area contributed by atoms with Crippen molar-refractivity contribution < 1.29 is 28.6 Å². The van der Waals surface area contributed by atoms with Crippen molar-refractivity contribution in [2.75, 3.05) is 13.2 Å². The summed E-state index contributed by atoms with van der Waals surface area (Å²) in [6.45, 7) is 8.91. The summed E-state index contributed by atoms with van der Waals surface area (Å²) in [7, 11) is 0. The summed E-state index contributed by atoms with van der Waals surface area (Å²) in [5.74, 6) is -0.0815. The van der Waals surface area contributed by atoms with Gasteiger partial charge in [-0.25, -0.2) is 0 Å². The zero-order valence-electron chi connectivity index (χ0n) is 35.3. The summed E-state index contributed by atoms with van der Waals surface area (Å²) in [5.41, 5.74) is 0. The number of esters is 3. The molecule has 0 fully saturated rings. The van der Waals surface area contributed by atoms with Crippen LogP contribution in [0.5, 0.6) is 0 Å². The highest BCUT2D eigenvalue weighted by Gasteiger charge is 2.19. The Morgan fingerprint density at radius 1 is 0.365 bits per heavy atom. The third-order valence-corrected chi connectivity index (χ3v) is 10.3. The van der Waals surface area contributed by atoms with Gasteiger partial charge in [0.05, 0.1) is 0 Å². The van der Waals surface area contributed by atoms with Crippen LogP contribution in [0.2, 0.25) is 0 Å². The van der Waals surface area contributed by atoms with Crippen LogP contribution in [0.1, 0.15) is 252 Å². The topological polar surface area (TPSA) is 78.9 Å². The number of carbonyl (C=O) groups excluding carboxylic acids is 3. The van der Waals surface area contributed by atoms with E-state index in [1.54, 1.807) is 0 Å². The summed E-state index contributed by atoms with van der Waals surface area (Å²) in [6, 6.07) is 0. The fourth-order valence-corrected chi connectivity index (χ4v) is 6.80. The van der Waals surface area contributed by atoms with Gasteiger partial charge in [0.1, 0.15) is 13.2 Å². The molecule has 6 heteroatoms. The van der Waals surface area contributed by atoms with Crippen LogP contribution in [0.25, 0.3) is 0 Å². The maximum absolute atomic E-state index is 12.7.